The topological polar surface area (TPSA) is 55.6 Å². The molecular formula is C13H15ClN2O2S. The Morgan fingerprint density at radius 3 is 2.89 bits per heavy atom. The van der Waals surface area contributed by atoms with Crippen LogP contribution in [0.5, 0.6) is 0 Å². The molecule has 2 rings (SSSR count). The smallest absolute Gasteiger partial charge is 0.254 e. The molecule has 2 N–H and O–H groups in total. The van der Waals surface area contributed by atoms with Crippen LogP contribution >= 0.6 is 23.8 Å². The van der Waals surface area contributed by atoms with Gasteiger partial charge in [-0.2, -0.15) is 0 Å². The molecule has 1 amide bonds. The Bertz CT molecular complexity index is 501. The van der Waals surface area contributed by atoms with Crippen molar-refractivity contribution in [2.24, 2.45) is 5.73 Å². The van der Waals surface area contributed by atoms with Crippen molar-refractivity contribution in [3.05, 3.63) is 34.3 Å². The Morgan fingerprint density at radius 2 is 2.26 bits per heavy atom. The predicted octanol–water partition coefficient (Wildman–Crippen LogP) is 1.78. The van der Waals surface area contributed by atoms with E-state index in [0.717, 1.165) is 5.56 Å². The van der Waals surface area contributed by atoms with E-state index in [2.05, 4.69) is 0 Å². The molecule has 1 atom stereocenters. The molecule has 4 nitrogen and oxygen atoms in total. The molecule has 0 spiro atoms. The maximum Gasteiger partial charge on any atom is 0.254 e. The molecule has 19 heavy (non-hydrogen) atoms. The minimum absolute atomic E-state index is 0.0739. The number of morpholine rings is 1. The lowest BCUT2D eigenvalue weighted by Gasteiger charge is -2.32. The second-order valence-corrected chi connectivity index (χ2v) is 5.44. The molecule has 0 saturated carbocycles. The highest BCUT2D eigenvalue weighted by molar-refractivity contribution is 7.80. The van der Waals surface area contributed by atoms with Crippen LogP contribution in [-0.2, 0) is 4.74 Å². The summed E-state index contributed by atoms with van der Waals surface area (Å²) in [5.74, 6) is -0.0739. The van der Waals surface area contributed by atoms with Gasteiger partial charge in [0.2, 0.25) is 0 Å². The number of carbonyl (C=O) groups is 1. The summed E-state index contributed by atoms with van der Waals surface area (Å²) < 4.78 is 5.42. The average molecular weight is 299 g/mol. The van der Waals surface area contributed by atoms with Gasteiger partial charge in [-0.25, -0.2) is 0 Å². The molecule has 0 aliphatic carbocycles. The van der Waals surface area contributed by atoms with Gasteiger partial charge in [0, 0.05) is 17.1 Å². The van der Waals surface area contributed by atoms with Gasteiger partial charge >= 0.3 is 0 Å². The monoisotopic (exact) mass is 298 g/mol. The summed E-state index contributed by atoms with van der Waals surface area (Å²) in [5, 5.41) is 0.558. The third kappa shape index (κ3) is 3.43. The highest BCUT2D eigenvalue weighted by Gasteiger charge is 2.26. The molecule has 1 aromatic carbocycles. The second kappa shape index (κ2) is 5.86. The SMILES string of the molecule is Cc1cc(Cl)cc(C(=O)N2CCOC(C(N)=S)C2)c1. The van der Waals surface area contributed by atoms with E-state index < -0.39 is 0 Å². The Kier molecular flexibility index (Phi) is 4.39. The largest absolute Gasteiger partial charge is 0.391 e. The Balaban J connectivity index is 2.16. The van der Waals surface area contributed by atoms with E-state index in [-0.39, 0.29) is 17.0 Å². The number of thiocarbonyl (C=S) groups is 1. The van der Waals surface area contributed by atoms with E-state index in [1.54, 1.807) is 11.0 Å². The van der Waals surface area contributed by atoms with Crippen molar-refractivity contribution in [1.29, 1.82) is 0 Å². The molecule has 1 heterocycles. The zero-order valence-corrected chi connectivity index (χ0v) is 12.1. The molecule has 0 aromatic heterocycles. The lowest BCUT2D eigenvalue weighted by Crippen LogP contribution is -2.49. The van der Waals surface area contributed by atoms with Crippen LogP contribution in [0.15, 0.2) is 18.2 Å². The summed E-state index contributed by atoms with van der Waals surface area (Å²) in [6.45, 7) is 3.26. The number of rotatable bonds is 2. The van der Waals surface area contributed by atoms with Gasteiger partial charge in [-0.05, 0) is 30.7 Å². The number of halogens is 1. The molecule has 102 valence electrons. The summed E-state index contributed by atoms with van der Waals surface area (Å²) in [4.78, 5) is 14.4. The van der Waals surface area contributed by atoms with E-state index in [4.69, 9.17) is 34.3 Å². The van der Waals surface area contributed by atoms with E-state index in [0.29, 0.717) is 30.3 Å². The van der Waals surface area contributed by atoms with Crippen molar-refractivity contribution in [3.63, 3.8) is 0 Å². The summed E-state index contributed by atoms with van der Waals surface area (Å²) in [6.07, 6.45) is -0.368. The van der Waals surface area contributed by atoms with E-state index in [9.17, 15) is 4.79 Å². The fourth-order valence-electron chi connectivity index (χ4n) is 2.05. The van der Waals surface area contributed by atoms with E-state index >= 15 is 0 Å². The van der Waals surface area contributed by atoms with Gasteiger partial charge in [0.15, 0.2) is 0 Å². The maximum atomic E-state index is 12.4. The lowest BCUT2D eigenvalue weighted by molar-refractivity contribution is 0.00878. The van der Waals surface area contributed by atoms with E-state index in [1.165, 1.54) is 0 Å². The van der Waals surface area contributed by atoms with Crippen LogP contribution in [0.1, 0.15) is 15.9 Å². The van der Waals surface area contributed by atoms with Crippen LogP contribution in [-0.4, -0.2) is 41.6 Å². The number of nitrogens with two attached hydrogens (primary N) is 1. The first kappa shape index (κ1) is 14.2. The first-order valence-corrected chi connectivity index (χ1v) is 6.73. The van der Waals surface area contributed by atoms with Crippen LogP contribution in [0.25, 0.3) is 0 Å². The van der Waals surface area contributed by atoms with Gasteiger partial charge in [0.05, 0.1) is 13.2 Å². The van der Waals surface area contributed by atoms with Crippen LogP contribution in [0.4, 0.5) is 0 Å². The minimum atomic E-state index is -0.368. The lowest BCUT2D eigenvalue weighted by atomic mass is 10.1. The Hall–Kier alpha value is -1.17. The first-order valence-electron chi connectivity index (χ1n) is 5.95. The Morgan fingerprint density at radius 1 is 1.53 bits per heavy atom. The quantitative estimate of drug-likeness (QED) is 0.846. The molecule has 6 heteroatoms. The van der Waals surface area contributed by atoms with E-state index in [1.807, 2.05) is 19.1 Å². The van der Waals surface area contributed by atoms with Crippen LogP contribution in [0.3, 0.4) is 0 Å². The third-order valence-corrected chi connectivity index (χ3v) is 3.44. The van der Waals surface area contributed by atoms with Crippen molar-refractivity contribution in [2.75, 3.05) is 19.7 Å². The minimum Gasteiger partial charge on any atom is -0.391 e. The number of carbonyl (C=O) groups excluding carboxylic acids is 1. The number of nitrogens with zero attached hydrogens (tertiary/aromatic N) is 1. The molecule has 0 bridgehead atoms. The van der Waals surface area contributed by atoms with Gasteiger partial charge in [-0.15, -0.1) is 0 Å². The molecule has 0 radical (unpaired) electrons. The van der Waals surface area contributed by atoms with Crippen LogP contribution in [0, 0.1) is 6.92 Å². The number of benzene rings is 1. The fraction of sp³-hybridized carbons (Fsp3) is 0.385. The number of amides is 1. The summed E-state index contributed by atoms with van der Waals surface area (Å²) >= 11 is 10.9. The summed E-state index contributed by atoms with van der Waals surface area (Å²) in [5.41, 5.74) is 7.09. The van der Waals surface area contributed by atoms with Crippen molar-refractivity contribution in [1.82, 2.24) is 4.90 Å². The molecule has 1 aromatic rings. The Labute approximate surface area is 122 Å². The predicted molar refractivity (Wildman–Crippen MR) is 78.6 cm³/mol. The molecule has 1 unspecified atom stereocenters. The van der Waals surface area contributed by atoms with Crippen molar-refractivity contribution < 1.29 is 9.53 Å². The van der Waals surface area contributed by atoms with Gasteiger partial charge in [-0.3, -0.25) is 4.79 Å². The van der Waals surface area contributed by atoms with Crippen LogP contribution in [0.2, 0.25) is 5.02 Å². The second-order valence-electron chi connectivity index (χ2n) is 4.53. The highest BCUT2D eigenvalue weighted by Crippen LogP contribution is 2.17. The summed E-state index contributed by atoms with van der Waals surface area (Å²) in [7, 11) is 0. The highest BCUT2D eigenvalue weighted by atomic mass is 35.5. The third-order valence-electron chi connectivity index (χ3n) is 2.96. The molecular weight excluding hydrogens is 284 g/mol. The van der Waals surface area contributed by atoms with Crippen LogP contribution < -0.4 is 5.73 Å². The summed E-state index contributed by atoms with van der Waals surface area (Å²) in [6, 6.07) is 5.30. The normalized spacial score (nSPS) is 19.3. The fourth-order valence-corrected chi connectivity index (χ4v) is 2.48. The first-order chi connectivity index (χ1) is 8.97. The number of hydrogen-bond donors (Lipinski definition) is 1. The average Bonchev–Trinajstić information content (AvgIpc) is 2.37. The van der Waals surface area contributed by atoms with Crippen molar-refractivity contribution >= 4 is 34.7 Å². The molecule has 1 saturated heterocycles. The van der Waals surface area contributed by atoms with Gasteiger partial charge in [0.1, 0.15) is 11.1 Å². The zero-order valence-electron chi connectivity index (χ0n) is 10.6. The molecule has 1 aliphatic heterocycles. The molecule has 1 fully saturated rings. The van der Waals surface area contributed by atoms with Crippen molar-refractivity contribution in [2.45, 2.75) is 13.0 Å². The van der Waals surface area contributed by atoms with Crippen molar-refractivity contribution in [3.8, 4) is 0 Å². The molecule has 1 aliphatic rings. The van der Waals surface area contributed by atoms with Gasteiger partial charge in [-0.1, -0.05) is 23.8 Å². The number of aryl methyl sites for hydroxylation is 1. The number of hydrogen-bond acceptors (Lipinski definition) is 3. The standard InChI is InChI=1S/C13H15ClN2O2S/c1-8-4-9(6-10(14)5-8)13(17)16-2-3-18-11(7-16)12(15)19/h4-6,11H,2-3,7H2,1H3,(H2,15,19). The number of ether oxygens (including phenoxy) is 1. The zero-order chi connectivity index (χ0) is 14.0. The van der Waals surface area contributed by atoms with Gasteiger partial charge in [0.25, 0.3) is 5.91 Å². The maximum absolute atomic E-state index is 12.4. The van der Waals surface area contributed by atoms with Gasteiger partial charge < -0.3 is 15.4 Å².